The molecule has 4 nitrogen and oxygen atoms in total. The van der Waals surface area contributed by atoms with Gasteiger partial charge in [-0.2, -0.15) is 0 Å². The molecule has 0 saturated carbocycles. The van der Waals surface area contributed by atoms with Crippen molar-refractivity contribution in [1.82, 2.24) is 9.97 Å². The van der Waals surface area contributed by atoms with Crippen LogP contribution in [0.4, 0.5) is 11.5 Å². The summed E-state index contributed by atoms with van der Waals surface area (Å²) in [6.45, 7) is 8.47. The van der Waals surface area contributed by atoms with Crippen LogP contribution in [0.2, 0.25) is 0 Å². The number of nitrogens with zero attached hydrogens (tertiary/aromatic N) is 4. The number of fused-ring (bicyclic) bond motifs is 1. The van der Waals surface area contributed by atoms with Crippen molar-refractivity contribution in [1.29, 1.82) is 0 Å². The van der Waals surface area contributed by atoms with E-state index in [1.54, 1.807) is 0 Å². The van der Waals surface area contributed by atoms with Crippen LogP contribution in [0.1, 0.15) is 26.6 Å². The van der Waals surface area contributed by atoms with Gasteiger partial charge in [-0.25, -0.2) is 9.97 Å². The zero-order chi connectivity index (χ0) is 11.9. The van der Waals surface area contributed by atoms with E-state index in [0.717, 1.165) is 30.4 Å². The van der Waals surface area contributed by atoms with Gasteiger partial charge >= 0.3 is 0 Å². The summed E-state index contributed by atoms with van der Waals surface area (Å²) in [6, 6.07) is 0. The van der Waals surface area contributed by atoms with E-state index in [-0.39, 0.29) is 5.41 Å². The first-order valence-corrected chi connectivity index (χ1v) is 5.69. The second-order valence-electron chi connectivity index (χ2n) is 5.50. The molecule has 88 valence electrons. The van der Waals surface area contributed by atoms with Crippen molar-refractivity contribution >= 4 is 11.5 Å². The monoisotopic (exact) mass is 220 g/mol. The van der Waals surface area contributed by atoms with Gasteiger partial charge in [-0.1, -0.05) is 20.8 Å². The minimum Gasteiger partial charge on any atom is -0.369 e. The van der Waals surface area contributed by atoms with E-state index in [2.05, 4.69) is 54.6 Å². The van der Waals surface area contributed by atoms with Gasteiger partial charge in [0.15, 0.2) is 5.82 Å². The molecule has 0 unspecified atom stereocenters. The number of hydrogen-bond acceptors (Lipinski definition) is 4. The lowest BCUT2D eigenvalue weighted by Gasteiger charge is -2.34. The van der Waals surface area contributed by atoms with Gasteiger partial charge in [-0.05, 0) is 0 Å². The fraction of sp³-hybridized carbons (Fsp3) is 0.667. The predicted molar refractivity (Wildman–Crippen MR) is 67.3 cm³/mol. The van der Waals surface area contributed by atoms with Crippen LogP contribution in [0.3, 0.4) is 0 Å². The molecule has 1 aromatic heterocycles. The molecule has 0 N–H and O–H groups in total. The van der Waals surface area contributed by atoms with Gasteiger partial charge in [0, 0.05) is 32.6 Å². The van der Waals surface area contributed by atoms with Crippen molar-refractivity contribution in [3.05, 3.63) is 12.0 Å². The third-order valence-corrected chi connectivity index (χ3v) is 2.96. The first-order chi connectivity index (χ1) is 7.39. The molecule has 0 bridgehead atoms. The minimum absolute atomic E-state index is 0.00584. The Labute approximate surface area is 97.3 Å². The second-order valence-corrected chi connectivity index (χ2v) is 5.50. The molecular weight excluding hydrogens is 200 g/mol. The highest BCUT2D eigenvalue weighted by atomic mass is 15.3. The van der Waals surface area contributed by atoms with E-state index in [0.29, 0.717) is 0 Å². The zero-order valence-electron chi connectivity index (χ0n) is 10.8. The number of likely N-dealkylation sites (N-methyl/N-ethyl adjacent to an activating group) is 2. The Morgan fingerprint density at radius 1 is 1.12 bits per heavy atom. The molecule has 2 heterocycles. The Hall–Kier alpha value is -1.32. The normalized spacial score (nSPS) is 16.3. The topological polar surface area (TPSA) is 32.3 Å². The zero-order valence-corrected chi connectivity index (χ0v) is 10.8. The largest absolute Gasteiger partial charge is 0.369 e. The lowest BCUT2D eigenvalue weighted by Crippen LogP contribution is -2.38. The average Bonchev–Trinajstić information content (AvgIpc) is 2.22. The highest BCUT2D eigenvalue weighted by Gasteiger charge is 2.24. The molecule has 1 aliphatic heterocycles. The van der Waals surface area contributed by atoms with Crippen molar-refractivity contribution in [2.45, 2.75) is 26.2 Å². The SMILES string of the molecule is CN1CCN(C)c2nc(C(C)(C)C)ncc21. The summed E-state index contributed by atoms with van der Waals surface area (Å²) >= 11 is 0. The average molecular weight is 220 g/mol. The predicted octanol–water partition coefficient (Wildman–Crippen LogP) is 1.66. The lowest BCUT2D eigenvalue weighted by molar-refractivity contribution is 0.543. The maximum Gasteiger partial charge on any atom is 0.155 e. The Morgan fingerprint density at radius 3 is 2.38 bits per heavy atom. The van der Waals surface area contributed by atoms with Crippen LogP contribution in [-0.4, -0.2) is 37.2 Å². The Balaban J connectivity index is 2.48. The molecule has 0 fully saturated rings. The van der Waals surface area contributed by atoms with Gasteiger partial charge in [0.25, 0.3) is 0 Å². The number of anilines is 2. The van der Waals surface area contributed by atoms with Crippen LogP contribution >= 0.6 is 0 Å². The highest BCUT2D eigenvalue weighted by Crippen LogP contribution is 2.30. The number of rotatable bonds is 0. The summed E-state index contributed by atoms with van der Waals surface area (Å²) in [4.78, 5) is 13.6. The molecule has 16 heavy (non-hydrogen) atoms. The third kappa shape index (κ3) is 1.84. The van der Waals surface area contributed by atoms with Crippen molar-refractivity contribution < 1.29 is 0 Å². The summed E-state index contributed by atoms with van der Waals surface area (Å²) in [7, 11) is 4.18. The highest BCUT2D eigenvalue weighted by molar-refractivity contribution is 5.67. The van der Waals surface area contributed by atoms with E-state index < -0.39 is 0 Å². The van der Waals surface area contributed by atoms with Gasteiger partial charge in [0.2, 0.25) is 0 Å². The fourth-order valence-electron chi connectivity index (χ4n) is 1.80. The van der Waals surface area contributed by atoms with E-state index in [4.69, 9.17) is 0 Å². The summed E-state index contributed by atoms with van der Waals surface area (Å²) in [5.74, 6) is 1.96. The van der Waals surface area contributed by atoms with E-state index in [1.165, 1.54) is 0 Å². The molecule has 0 radical (unpaired) electrons. The first-order valence-electron chi connectivity index (χ1n) is 5.69. The second kappa shape index (κ2) is 3.61. The third-order valence-electron chi connectivity index (χ3n) is 2.96. The van der Waals surface area contributed by atoms with Crippen molar-refractivity contribution in [2.24, 2.45) is 0 Å². The van der Waals surface area contributed by atoms with E-state index >= 15 is 0 Å². The van der Waals surface area contributed by atoms with Crippen LogP contribution in [0.5, 0.6) is 0 Å². The van der Waals surface area contributed by atoms with Crippen LogP contribution in [0.15, 0.2) is 6.20 Å². The van der Waals surface area contributed by atoms with Gasteiger partial charge in [0.1, 0.15) is 5.82 Å². The molecule has 4 heteroatoms. The molecule has 0 saturated heterocycles. The van der Waals surface area contributed by atoms with Crippen LogP contribution in [0.25, 0.3) is 0 Å². The van der Waals surface area contributed by atoms with Crippen molar-refractivity contribution in [2.75, 3.05) is 37.0 Å². The molecule has 0 spiro atoms. The smallest absolute Gasteiger partial charge is 0.155 e. The molecule has 0 atom stereocenters. The minimum atomic E-state index is 0.00584. The summed E-state index contributed by atoms with van der Waals surface area (Å²) in [5.41, 5.74) is 1.13. The fourth-order valence-corrected chi connectivity index (χ4v) is 1.80. The Kier molecular flexibility index (Phi) is 2.52. The number of hydrogen-bond donors (Lipinski definition) is 0. The quantitative estimate of drug-likeness (QED) is 0.665. The number of aromatic nitrogens is 2. The van der Waals surface area contributed by atoms with Gasteiger partial charge in [-0.3, -0.25) is 0 Å². The molecule has 1 aliphatic rings. The van der Waals surface area contributed by atoms with Crippen LogP contribution in [-0.2, 0) is 5.41 Å². The summed E-state index contributed by atoms with van der Waals surface area (Å²) < 4.78 is 0. The molecule has 2 rings (SSSR count). The maximum atomic E-state index is 4.69. The standard InChI is InChI=1S/C12H20N4/c1-12(2,3)11-13-8-9-10(14-11)16(5)7-6-15(9)4/h8H,6-7H2,1-5H3. The molecule has 0 aromatic carbocycles. The Bertz CT molecular complexity index is 394. The summed E-state index contributed by atoms with van der Waals surface area (Å²) in [5, 5.41) is 0. The van der Waals surface area contributed by atoms with Crippen molar-refractivity contribution in [3.63, 3.8) is 0 Å². The van der Waals surface area contributed by atoms with Crippen molar-refractivity contribution in [3.8, 4) is 0 Å². The summed E-state index contributed by atoms with van der Waals surface area (Å²) in [6.07, 6.45) is 1.94. The van der Waals surface area contributed by atoms with Crippen LogP contribution in [0, 0.1) is 0 Å². The Morgan fingerprint density at radius 2 is 1.75 bits per heavy atom. The van der Waals surface area contributed by atoms with Gasteiger partial charge < -0.3 is 9.80 Å². The lowest BCUT2D eigenvalue weighted by atomic mass is 9.95. The maximum absolute atomic E-state index is 4.69. The first kappa shape index (κ1) is 11.2. The molecule has 0 amide bonds. The van der Waals surface area contributed by atoms with Gasteiger partial charge in [0.05, 0.1) is 11.9 Å². The molecule has 0 aliphatic carbocycles. The van der Waals surface area contributed by atoms with Crippen LogP contribution < -0.4 is 9.80 Å². The van der Waals surface area contributed by atoms with Gasteiger partial charge in [-0.15, -0.1) is 0 Å². The van der Waals surface area contributed by atoms with E-state index in [1.807, 2.05) is 6.20 Å². The van der Waals surface area contributed by atoms with E-state index in [9.17, 15) is 0 Å². The molecular formula is C12H20N4. The molecule has 1 aromatic rings.